The van der Waals surface area contributed by atoms with Gasteiger partial charge in [0.1, 0.15) is 23.5 Å². The third-order valence-electron chi connectivity index (χ3n) is 3.88. The van der Waals surface area contributed by atoms with E-state index in [1.165, 1.54) is 0 Å². The Bertz CT molecular complexity index is 913. The molecule has 28 heavy (non-hydrogen) atoms. The fourth-order valence-corrected chi connectivity index (χ4v) is 2.68. The zero-order valence-electron chi connectivity index (χ0n) is 15.1. The Balaban J connectivity index is 2.42. The highest BCUT2D eigenvalue weighted by Gasteiger charge is 2.35. The van der Waals surface area contributed by atoms with Gasteiger partial charge in [0.15, 0.2) is 11.6 Å². The maximum absolute atomic E-state index is 12.9. The van der Waals surface area contributed by atoms with E-state index in [-0.39, 0.29) is 23.1 Å². The second kappa shape index (κ2) is 8.71. The number of rotatable bonds is 5. The van der Waals surface area contributed by atoms with Crippen LogP contribution < -0.4 is 5.32 Å². The van der Waals surface area contributed by atoms with Gasteiger partial charge in [-0.2, -0.15) is 0 Å². The summed E-state index contributed by atoms with van der Waals surface area (Å²) in [5.74, 6) is -3.68. The number of hydrogen-bond donors (Lipinski definition) is 3. The van der Waals surface area contributed by atoms with Crippen molar-refractivity contribution in [3.63, 3.8) is 0 Å². The maximum atomic E-state index is 12.9. The molecule has 1 aliphatic carbocycles. The van der Waals surface area contributed by atoms with Crippen LogP contribution in [0, 0.1) is 0 Å². The quantitative estimate of drug-likeness (QED) is 0.388. The minimum absolute atomic E-state index is 0.0462. The number of phenolic OH excluding ortho intramolecular Hbond substituents is 2. The van der Waals surface area contributed by atoms with Gasteiger partial charge >= 0.3 is 6.09 Å². The predicted octanol–water partition coefficient (Wildman–Crippen LogP) is 2.62. The van der Waals surface area contributed by atoms with E-state index in [2.05, 4.69) is 0 Å². The monoisotopic (exact) mass is 407 g/mol. The molecule has 1 aromatic rings. The van der Waals surface area contributed by atoms with Crippen LogP contribution in [0.4, 0.5) is 4.79 Å². The Labute approximate surface area is 165 Å². The predicted molar refractivity (Wildman–Crippen MR) is 99.7 cm³/mol. The van der Waals surface area contributed by atoms with Crippen LogP contribution in [0.1, 0.15) is 41.0 Å². The molecule has 0 heterocycles. The van der Waals surface area contributed by atoms with Crippen molar-refractivity contribution in [3.8, 4) is 11.5 Å². The van der Waals surface area contributed by atoms with Crippen LogP contribution in [-0.4, -0.2) is 45.8 Å². The average Bonchev–Trinajstić information content (AvgIpc) is 2.63. The van der Waals surface area contributed by atoms with Crippen LogP contribution in [-0.2, 0) is 9.53 Å². The Morgan fingerprint density at radius 3 is 2.36 bits per heavy atom. The number of nitrogens with one attached hydrogen (secondary N) is 1. The number of ketones is 2. The number of halogens is 1. The van der Waals surface area contributed by atoms with Crippen LogP contribution in [0.15, 0.2) is 35.4 Å². The molecule has 0 saturated heterocycles. The van der Waals surface area contributed by atoms with Gasteiger partial charge in [0.2, 0.25) is 5.91 Å². The van der Waals surface area contributed by atoms with Gasteiger partial charge in [-0.1, -0.05) is 11.6 Å². The first-order chi connectivity index (χ1) is 13.1. The lowest BCUT2D eigenvalue weighted by Gasteiger charge is -2.23. The minimum Gasteiger partial charge on any atom is -0.507 e. The zero-order chi connectivity index (χ0) is 21.0. The molecule has 3 N–H and O–H groups in total. The van der Waals surface area contributed by atoms with E-state index in [1.54, 1.807) is 19.9 Å². The van der Waals surface area contributed by atoms with Crippen LogP contribution in [0.2, 0.25) is 0 Å². The number of carbonyl (C=O) groups excluding carboxylic acids is 4. The highest BCUT2D eigenvalue weighted by atomic mass is 35.5. The molecule has 0 spiro atoms. The number of benzene rings is 1. The van der Waals surface area contributed by atoms with Gasteiger partial charge < -0.3 is 14.9 Å². The van der Waals surface area contributed by atoms with Crippen LogP contribution in [0.5, 0.6) is 11.5 Å². The summed E-state index contributed by atoms with van der Waals surface area (Å²) in [5.41, 5.74) is -0.0201. The number of amides is 2. The van der Waals surface area contributed by atoms with Gasteiger partial charge in [0.25, 0.3) is 0 Å². The first-order valence-corrected chi connectivity index (χ1v) is 8.74. The molecule has 2 amide bonds. The summed E-state index contributed by atoms with van der Waals surface area (Å²) in [7, 11) is 0. The third-order valence-corrected chi connectivity index (χ3v) is 4.13. The fourth-order valence-electron chi connectivity index (χ4n) is 2.61. The van der Waals surface area contributed by atoms with Gasteiger partial charge in [-0.15, -0.1) is 11.6 Å². The van der Waals surface area contributed by atoms with E-state index >= 15 is 0 Å². The number of imide groups is 1. The molecule has 9 heteroatoms. The van der Waals surface area contributed by atoms with Gasteiger partial charge in [-0.05, 0) is 32.1 Å². The highest BCUT2D eigenvalue weighted by molar-refractivity contribution is 6.28. The first-order valence-electron chi connectivity index (χ1n) is 8.21. The van der Waals surface area contributed by atoms with Crippen molar-refractivity contribution in [3.05, 3.63) is 46.6 Å². The average molecular weight is 408 g/mol. The summed E-state index contributed by atoms with van der Waals surface area (Å²) >= 11 is 5.32. The molecule has 1 aromatic carbocycles. The lowest BCUT2D eigenvalue weighted by atomic mass is 9.85. The zero-order valence-corrected chi connectivity index (χ0v) is 15.9. The first kappa shape index (κ1) is 21.2. The summed E-state index contributed by atoms with van der Waals surface area (Å²) in [6.45, 7) is 3.57. The lowest BCUT2D eigenvalue weighted by Crippen LogP contribution is -2.37. The number of allylic oxidation sites excluding steroid dienone is 2. The van der Waals surface area contributed by atoms with E-state index in [4.69, 9.17) is 16.3 Å². The molecule has 0 bridgehead atoms. The molecule has 148 valence electrons. The number of fused-ring (bicyclic) bond motifs is 1. The number of alkyl halides is 1. The third kappa shape index (κ3) is 4.58. The van der Waals surface area contributed by atoms with Crippen LogP contribution >= 0.6 is 11.6 Å². The highest BCUT2D eigenvalue weighted by Crippen LogP contribution is 2.36. The molecule has 8 nitrogen and oxygen atoms in total. The topological polar surface area (TPSA) is 130 Å². The molecule has 0 fully saturated rings. The van der Waals surface area contributed by atoms with Gasteiger partial charge in [-0.3, -0.25) is 19.7 Å². The standard InChI is InChI=1S/C19H18ClNO7/c1-9(2)3-6-14(28-19(27)21-15(25)8-20)10-7-13(24)16-11(22)4-5-12(23)17(16)18(10)26/h3-5,7,14,22-23H,6,8H2,1-2H3,(H,21,25,27). The van der Waals surface area contributed by atoms with Crippen molar-refractivity contribution >= 4 is 35.2 Å². The van der Waals surface area contributed by atoms with Crippen LogP contribution in [0.3, 0.4) is 0 Å². The molecule has 1 aliphatic rings. The number of carbonyl (C=O) groups is 4. The molecule has 0 aromatic heterocycles. The van der Waals surface area contributed by atoms with E-state index in [0.717, 1.165) is 23.8 Å². The van der Waals surface area contributed by atoms with E-state index in [1.807, 2.05) is 5.32 Å². The number of hydrogen-bond acceptors (Lipinski definition) is 7. The minimum atomic E-state index is -1.20. The van der Waals surface area contributed by atoms with E-state index < -0.39 is 47.0 Å². The maximum Gasteiger partial charge on any atom is 0.414 e. The molecule has 1 unspecified atom stereocenters. The van der Waals surface area contributed by atoms with Crippen LogP contribution in [0.25, 0.3) is 0 Å². The second-order valence-electron chi connectivity index (χ2n) is 6.24. The van der Waals surface area contributed by atoms with Crippen molar-refractivity contribution in [2.45, 2.75) is 26.4 Å². The Hall–Kier alpha value is -3.13. The SMILES string of the molecule is CC(C)=CCC(OC(=O)NC(=O)CCl)C1=CC(=O)c2c(O)ccc(O)c2C1=O. The number of phenols is 2. The summed E-state index contributed by atoms with van der Waals surface area (Å²) < 4.78 is 5.16. The van der Waals surface area contributed by atoms with E-state index in [0.29, 0.717) is 0 Å². The number of alkyl carbamates (subject to hydrolysis) is 1. The molecule has 0 aliphatic heterocycles. The molecule has 1 atom stereocenters. The summed E-state index contributed by atoms with van der Waals surface area (Å²) in [4.78, 5) is 48.5. The number of aromatic hydroxyl groups is 2. The Morgan fingerprint density at radius 2 is 1.79 bits per heavy atom. The summed E-state index contributed by atoms with van der Waals surface area (Å²) in [6, 6.07) is 2.18. The second-order valence-corrected chi connectivity index (χ2v) is 6.51. The Morgan fingerprint density at radius 1 is 1.18 bits per heavy atom. The van der Waals surface area contributed by atoms with Crippen molar-refractivity contribution in [2.75, 3.05) is 5.88 Å². The molecular weight excluding hydrogens is 390 g/mol. The number of ether oxygens (including phenoxy) is 1. The Kier molecular flexibility index (Phi) is 6.58. The smallest absolute Gasteiger partial charge is 0.414 e. The van der Waals surface area contributed by atoms with Crippen molar-refractivity contribution in [1.29, 1.82) is 0 Å². The largest absolute Gasteiger partial charge is 0.507 e. The van der Waals surface area contributed by atoms with Gasteiger partial charge in [0, 0.05) is 12.0 Å². The van der Waals surface area contributed by atoms with Gasteiger partial charge in [-0.25, -0.2) is 4.79 Å². The molecular formula is C19H18ClNO7. The number of Topliss-reactive ketones (excluding diaryl/α,β-unsaturated/α-hetero) is 1. The fraction of sp³-hybridized carbons (Fsp3) is 0.263. The van der Waals surface area contributed by atoms with Crippen molar-refractivity contribution < 1.29 is 34.1 Å². The lowest BCUT2D eigenvalue weighted by molar-refractivity contribution is -0.118. The molecule has 0 radical (unpaired) electrons. The van der Waals surface area contributed by atoms with E-state index in [9.17, 15) is 29.4 Å². The normalized spacial score (nSPS) is 13.9. The summed E-state index contributed by atoms with van der Waals surface area (Å²) in [6.07, 6.45) is 0.334. The van der Waals surface area contributed by atoms with Crippen molar-refractivity contribution in [2.24, 2.45) is 0 Å². The van der Waals surface area contributed by atoms with Gasteiger partial charge in [0.05, 0.1) is 11.1 Å². The molecule has 0 saturated carbocycles. The molecule has 2 rings (SSSR count). The van der Waals surface area contributed by atoms with Crippen molar-refractivity contribution in [1.82, 2.24) is 5.32 Å². The summed E-state index contributed by atoms with van der Waals surface area (Å²) in [5, 5.41) is 21.8.